The molecule has 1 atom stereocenters. The molecule has 0 aromatic carbocycles. The van der Waals surface area contributed by atoms with Crippen LogP contribution in [0.4, 0.5) is 35.1 Å². The summed E-state index contributed by atoms with van der Waals surface area (Å²) in [7, 11) is 6.16. The van der Waals surface area contributed by atoms with E-state index in [9.17, 15) is 49.5 Å². The van der Waals surface area contributed by atoms with Gasteiger partial charge in [0.2, 0.25) is 29.6 Å². The largest absolute Gasteiger partial charge is 2.00 e. The molecule has 4 aliphatic rings. The van der Waals surface area contributed by atoms with Crippen LogP contribution in [-0.4, -0.2) is 120 Å². The van der Waals surface area contributed by atoms with E-state index in [1.807, 2.05) is 6.92 Å². The molecular formula is C38H73BrF8MgN4O8. The first kappa shape index (κ1) is 73.0. The molecule has 1 unspecified atom stereocenters. The van der Waals surface area contributed by atoms with Gasteiger partial charge in [-0.15, -0.1) is 0 Å². The molecule has 60 heavy (non-hydrogen) atoms. The maximum absolute atomic E-state index is 12.8. The number of Topliss-reactive ketones (excluding diaryl/α,β-unsaturated/α-hetero) is 1. The molecule has 0 radical (unpaired) electrons. The Hall–Kier alpha value is -1.43. The van der Waals surface area contributed by atoms with Gasteiger partial charge in [-0.2, -0.15) is 0 Å². The minimum Gasteiger partial charge on any atom is -1.00 e. The zero-order valence-electron chi connectivity index (χ0n) is 35.9. The number of carbonyl (C=O) groups is 4. The summed E-state index contributed by atoms with van der Waals surface area (Å²) in [5, 5.41) is 17.0. The number of nitrogens with zero attached hydrogens (tertiary/aromatic N) is 1. The van der Waals surface area contributed by atoms with E-state index in [-0.39, 0.29) is 168 Å². The van der Waals surface area contributed by atoms with Gasteiger partial charge in [-0.25, -0.2) is 45.7 Å². The summed E-state index contributed by atoms with van der Waals surface area (Å²) in [6.45, 7) is 4.46. The molecular weight excluding hydrogens is 897 g/mol. The van der Waals surface area contributed by atoms with Crippen molar-refractivity contribution >= 4 is 46.7 Å². The number of amides is 1. The van der Waals surface area contributed by atoms with Gasteiger partial charge in [0.15, 0.2) is 0 Å². The van der Waals surface area contributed by atoms with Gasteiger partial charge in [0.05, 0.1) is 20.1 Å². The average molecular weight is 970 g/mol. The van der Waals surface area contributed by atoms with Crippen LogP contribution in [0.25, 0.3) is 0 Å². The van der Waals surface area contributed by atoms with Gasteiger partial charge in [-0.1, -0.05) is 7.43 Å². The van der Waals surface area contributed by atoms with E-state index in [0.29, 0.717) is 31.6 Å². The standard InChI is InChI=1S/C9H15F2NO2.C8H15F2N.C8H12F2O.C7H10F2O2.C2H7NO.C2H4O2.CH4.CH3.BrH.Mg.H3N/c1-12(14-2)8(13)7-3-5-9(10,11)6-4-7;2*1-6(11)7-2-4-8(9,10)5-3-7;8-7(9)3-1-5(2-4-7)6(10)11;1-3-4-2;1-2(3)4;;;;;/h7H,3-6H2,1-2H3;6-7H,2-5,11H2,1H3;7H,2-5H2,1H3;5H,1-4H2,(H,10,11);3H,1-2H3;1H3,(H,3,4);1H4;1H3;1H;;1H3/q;;;;;;;-1;;+2;/p-1. The fourth-order valence-electron chi connectivity index (χ4n) is 5.96. The van der Waals surface area contributed by atoms with E-state index in [4.69, 9.17) is 25.6 Å². The van der Waals surface area contributed by atoms with Gasteiger partial charge >= 0.3 is 29.0 Å². The van der Waals surface area contributed by atoms with Crippen LogP contribution in [0.2, 0.25) is 0 Å². The Morgan fingerprint density at radius 2 is 0.933 bits per heavy atom. The fraction of sp³-hybridized carbons (Fsp3) is 0.868. The number of nitrogens with one attached hydrogen (secondary N) is 1. The Kier molecular flexibility index (Phi) is 43.7. The van der Waals surface area contributed by atoms with Gasteiger partial charge in [0, 0.05) is 90.3 Å². The maximum Gasteiger partial charge on any atom is 2.00 e. The predicted octanol–water partition coefficient (Wildman–Crippen LogP) is 6.02. The summed E-state index contributed by atoms with van der Waals surface area (Å²) < 4.78 is 101. The van der Waals surface area contributed by atoms with Gasteiger partial charge in [0.25, 0.3) is 5.97 Å². The van der Waals surface area contributed by atoms with Crippen LogP contribution >= 0.6 is 0 Å². The van der Waals surface area contributed by atoms with Crippen molar-refractivity contribution in [3.8, 4) is 0 Å². The number of alkyl halides is 8. The van der Waals surface area contributed by atoms with E-state index in [0.717, 1.165) is 12.0 Å². The number of carboxylic acids is 2. The first-order valence-electron chi connectivity index (χ1n) is 18.4. The van der Waals surface area contributed by atoms with Crippen LogP contribution in [0.5, 0.6) is 0 Å². The molecule has 0 aromatic heterocycles. The van der Waals surface area contributed by atoms with Crippen molar-refractivity contribution in [3.05, 3.63) is 7.43 Å². The van der Waals surface area contributed by atoms with Crippen LogP contribution in [0.15, 0.2) is 0 Å². The number of hydrogen-bond donors (Lipinski definition) is 5. The molecule has 4 aliphatic carbocycles. The molecule has 4 rings (SSSR count). The Morgan fingerprint density at radius 1 is 0.683 bits per heavy atom. The molecule has 8 N–H and O–H groups in total. The van der Waals surface area contributed by atoms with Gasteiger partial charge in [0.1, 0.15) is 5.78 Å². The third-order valence-corrected chi connectivity index (χ3v) is 9.72. The topological polar surface area (TPSA) is 203 Å². The van der Waals surface area contributed by atoms with E-state index in [1.54, 1.807) is 14.2 Å². The second-order valence-corrected chi connectivity index (χ2v) is 14.3. The predicted molar refractivity (Wildman–Crippen MR) is 213 cm³/mol. The van der Waals surface area contributed by atoms with Gasteiger partial charge in [-0.3, -0.25) is 24.0 Å². The Bertz CT molecular complexity index is 1070. The Morgan fingerprint density at radius 3 is 1.15 bits per heavy atom. The smallest absolute Gasteiger partial charge is 1.00 e. The molecule has 12 nitrogen and oxygen atoms in total. The molecule has 4 saturated carbocycles. The van der Waals surface area contributed by atoms with Crippen LogP contribution in [-0.2, 0) is 28.9 Å². The first-order valence-corrected chi connectivity index (χ1v) is 18.4. The van der Waals surface area contributed by atoms with Gasteiger partial charge in [-0.05, 0) is 71.1 Å². The van der Waals surface area contributed by atoms with Crippen LogP contribution in [0.3, 0.4) is 0 Å². The van der Waals surface area contributed by atoms with Gasteiger partial charge < -0.3 is 51.3 Å². The van der Waals surface area contributed by atoms with E-state index < -0.39 is 41.5 Å². The summed E-state index contributed by atoms with van der Waals surface area (Å²) in [6.07, 6.45) is 1.52. The molecule has 4 fully saturated rings. The third kappa shape index (κ3) is 36.1. The number of halogens is 9. The molecule has 0 heterocycles. The number of rotatable bonds is 6. The van der Waals surface area contributed by atoms with Crippen molar-refractivity contribution in [1.29, 1.82) is 0 Å². The summed E-state index contributed by atoms with van der Waals surface area (Å²) in [5.41, 5.74) is 8.04. The number of carboxylic acid groups (broad SMARTS) is 2. The molecule has 0 bridgehead atoms. The van der Waals surface area contributed by atoms with E-state index in [1.165, 1.54) is 21.1 Å². The van der Waals surface area contributed by atoms with Crippen molar-refractivity contribution in [2.75, 3.05) is 28.3 Å². The molecule has 0 aromatic rings. The number of hydrogen-bond acceptors (Lipinski definition) is 9. The van der Waals surface area contributed by atoms with Crippen LogP contribution in [0.1, 0.15) is 131 Å². The number of aliphatic carboxylic acids is 2. The summed E-state index contributed by atoms with van der Waals surface area (Å²) >= 11 is 0. The van der Waals surface area contributed by atoms with E-state index in [2.05, 4.69) is 10.3 Å². The summed E-state index contributed by atoms with van der Waals surface area (Å²) in [4.78, 5) is 50.6. The second kappa shape index (κ2) is 36.0. The fourth-order valence-corrected chi connectivity index (χ4v) is 5.96. The Balaban J connectivity index is -0.000000115. The number of nitrogens with two attached hydrogens (primary N) is 1. The third-order valence-electron chi connectivity index (χ3n) is 9.72. The van der Waals surface area contributed by atoms with Crippen molar-refractivity contribution in [2.45, 2.75) is 161 Å². The van der Waals surface area contributed by atoms with Crippen molar-refractivity contribution in [3.63, 3.8) is 0 Å². The monoisotopic (exact) mass is 968 g/mol. The minimum atomic E-state index is -2.62. The van der Waals surface area contributed by atoms with Crippen molar-refractivity contribution in [1.82, 2.24) is 16.7 Å². The molecule has 1 amide bonds. The average Bonchev–Trinajstić information content (AvgIpc) is 3.08. The molecule has 0 saturated heterocycles. The minimum absolute atomic E-state index is 0. The number of hydroxylamine groups is 3. The number of ketones is 1. The Labute approximate surface area is 379 Å². The quantitative estimate of drug-likeness (QED) is 0.0902. The van der Waals surface area contributed by atoms with Crippen molar-refractivity contribution < 1.29 is 91.2 Å². The molecule has 0 spiro atoms. The second-order valence-electron chi connectivity index (χ2n) is 14.3. The zero-order valence-corrected chi connectivity index (χ0v) is 38.9. The van der Waals surface area contributed by atoms with Crippen molar-refractivity contribution in [2.24, 2.45) is 29.4 Å². The normalized spacial score (nSPS) is 20.4. The molecule has 22 heteroatoms. The zero-order chi connectivity index (χ0) is 43.2. The van der Waals surface area contributed by atoms with E-state index >= 15 is 0 Å². The summed E-state index contributed by atoms with van der Waals surface area (Å²) in [5.74, 6) is -12.7. The number of carbonyl (C=O) groups excluding carboxylic acids is 2. The molecule has 0 aliphatic heterocycles. The SMILES string of the molecule is C.CC(=O)C1CCC(F)(F)CC1.CC(=O)O.CC(N)C1CCC(F)(F)CC1.CNOC.CON(C)C(=O)C1CCC(F)(F)CC1.N.O=C(O)C1CCC(F)(F)CC1.[Br-].[CH3-].[Mg+2]. The maximum atomic E-state index is 12.8. The van der Waals surface area contributed by atoms with Crippen LogP contribution < -0.4 is 34.3 Å². The summed E-state index contributed by atoms with van der Waals surface area (Å²) in [6, 6.07) is 0.0751. The molecule has 358 valence electrons. The van der Waals surface area contributed by atoms with Crippen LogP contribution in [0, 0.1) is 31.1 Å². The first-order chi connectivity index (χ1) is 25.1.